The van der Waals surface area contributed by atoms with E-state index in [2.05, 4.69) is 10.3 Å². The highest BCUT2D eigenvalue weighted by atomic mass is 16.4. The zero-order valence-corrected chi connectivity index (χ0v) is 11.9. The first-order valence-electron chi connectivity index (χ1n) is 6.58. The molecule has 1 aromatic carbocycles. The van der Waals surface area contributed by atoms with Crippen molar-refractivity contribution in [2.75, 3.05) is 5.32 Å². The number of carboxylic acid groups (broad SMARTS) is 1. The van der Waals surface area contributed by atoms with E-state index in [1.54, 1.807) is 32.0 Å². The molecule has 2 rings (SSSR count). The Bertz CT molecular complexity index is 714. The van der Waals surface area contributed by atoms with Crippen molar-refractivity contribution in [3.8, 4) is 0 Å². The van der Waals surface area contributed by atoms with E-state index in [0.29, 0.717) is 23.0 Å². The second kappa shape index (κ2) is 5.40. The molecule has 0 aliphatic carbocycles. The van der Waals surface area contributed by atoms with E-state index < -0.39 is 17.4 Å². The normalized spacial score (nSPS) is 13.6. The molecule has 0 saturated carbocycles. The lowest BCUT2D eigenvalue weighted by atomic mass is 9.97. The molecule has 6 nitrogen and oxygen atoms in total. The van der Waals surface area contributed by atoms with Gasteiger partial charge < -0.3 is 16.2 Å². The number of aromatic nitrogens is 1. The monoisotopic (exact) mass is 287 g/mol. The third-order valence-electron chi connectivity index (χ3n) is 3.62. The molecule has 1 heterocycles. The maximum atomic E-state index is 11.6. The summed E-state index contributed by atoms with van der Waals surface area (Å²) in [6.45, 7) is 3.32. The highest BCUT2D eigenvalue weighted by Gasteiger charge is 2.32. The zero-order chi connectivity index (χ0) is 15.6. The van der Waals surface area contributed by atoms with Crippen molar-refractivity contribution in [3.63, 3.8) is 0 Å². The molecule has 0 fully saturated rings. The van der Waals surface area contributed by atoms with Crippen molar-refractivity contribution in [2.45, 2.75) is 25.8 Å². The number of carbonyl (C=O) groups excluding carboxylic acids is 1. The fourth-order valence-electron chi connectivity index (χ4n) is 2.03. The summed E-state index contributed by atoms with van der Waals surface area (Å²) in [5, 5.41) is 13.0. The van der Waals surface area contributed by atoms with Gasteiger partial charge in [-0.25, -0.2) is 4.79 Å². The van der Waals surface area contributed by atoms with E-state index in [0.717, 1.165) is 0 Å². The number of amides is 1. The third-order valence-corrected chi connectivity index (χ3v) is 3.62. The number of rotatable bonds is 5. The Kier molecular flexibility index (Phi) is 3.80. The van der Waals surface area contributed by atoms with Gasteiger partial charge in [0.05, 0.1) is 16.8 Å². The molecule has 0 radical (unpaired) electrons. The van der Waals surface area contributed by atoms with Gasteiger partial charge in [0.15, 0.2) is 0 Å². The van der Waals surface area contributed by atoms with E-state index in [4.69, 9.17) is 5.73 Å². The number of benzene rings is 1. The van der Waals surface area contributed by atoms with E-state index in [1.165, 1.54) is 6.20 Å². The highest BCUT2D eigenvalue weighted by Crippen LogP contribution is 2.29. The molecule has 0 bridgehead atoms. The number of primary amides is 1. The maximum Gasteiger partial charge on any atom is 0.329 e. The van der Waals surface area contributed by atoms with Crippen LogP contribution in [-0.2, 0) is 4.79 Å². The van der Waals surface area contributed by atoms with Gasteiger partial charge in [0.2, 0.25) is 0 Å². The topological polar surface area (TPSA) is 105 Å². The van der Waals surface area contributed by atoms with Crippen molar-refractivity contribution in [1.82, 2.24) is 4.98 Å². The zero-order valence-electron chi connectivity index (χ0n) is 11.9. The average molecular weight is 287 g/mol. The number of anilines is 1. The fourth-order valence-corrected chi connectivity index (χ4v) is 2.03. The summed E-state index contributed by atoms with van der Waals surface area (Å²) in [5.74, 6) is -1.65. The summed E-state index contributed by atoms with van der Waals surface area (Å²) in [7, 11) is 0. The number of para-hydroxylation sites is 1. The molecular weight excluding hydrogens is 270 g/mol. The number of nitrogens with one attached hydrogen (secondary N) is 1. The quantitative estimate of drug-likeness (QED) is 0.780. The summed E-state index contributed by atoms with van der Waals surface area (Å²) >= 11 is 0. The number of aliphatic carboxylic acids is 1. The number of nitrogens with two attached hydrogens (primary N) is 1. The van der Waals surface area contributed by atoms with Crippen molar-refractivity contribution < 1.29 is 14.7 Å². The molecule has 0 saturated heterocycles. The predicted octanol–water partition coefficient (Wildman–Crippen LogP) is 2.00. The number of hydrogen-bond acceptors (Lipinski definition) is 4. The van der Waals surface area contributed by atoms with Crippen LogP contribution in [0.1, 0.15) is 30.6 Å². The number of fused-ring (bicyclic) bond motifs is 1. The molecule has 6 heteroatoms. The second-order valence-corrected chi connectivity index (χ2v) is 5.04. The molecule has 2 aromatic rings. The fraction of sp³-hybridized carbons (Fsp3) is 0.267. The third kappa shape index (κ3) is 2.65. The van der Waals surface area contributed by atoms with Gasteiger partial charge in [0.25, 0.3) is 5.91 Å². The highest BCUT2D eigenvalue weighted by molar-refractivity contribution is 6.07. The van der Waals surface area contributed by atoms with Gasteiger partial charge in [-0.05, 0) is 19.4 Å². The Morgan fingerprint density at radius 2 is 2.05 bits per heavy atom. The predicted molar refractivity (Wildman–Crippen MR) is 80.2 cm³/mol. The van der Waals surface area contributed by atoms with Crippen LogP contribution in [0.3, 0.4) is 0 Å². The Hall–Kier alpha value is -2.63. The molecule has 0 aliphatic rings. The number of carbonyl (C=O) groups is 2. The van der Waals surface area contributed by atoms with E-state index in [-0.39, 0.29) is 5.56 Å². The first kappa shape index (κ1) is 14.8. The molecule has 1 unspecified atom stereocenters. The SMILES string of the molecule is CCC(C)(Nc1c(C(N)=O)cnc2ccccc12)C(=O)O. The number of pyridine rings is 1. The summed E-state index contributed by atoms with van der Waals surface area (Å²) in [6, 6.07) is 7.17. The maximum absolute atomic E-state index is 11.6. The van der Waals surface area contributed by atoms with Gasteiger partial charge in [-0.2, -0.15) is 0 Å². The molecular formula is C15H17N3O3. The summed E-state index contributed by atoms with van der Waals surface area (Å²) in [6.07, 6.45) is 1.71. The van der Waals surface area contributed by atoms with Crippen molar-refractivity contribution in [3.05, 3.63) is 36.0 Å². The lowest BCUT2D eigenvalue weighted by Gasteiger charge is -2.27. The molecule has 1 atom stereocenters. The summed E-state index contributed by atoms with van der Waals surface area (Å²) < 4.78 is 0. The average Bonchev–Trinajstić information content (AvgIpc) is 2.46. The molecule has 1 aromatic heterocycles. The van der Waals surface area contributed by atoms with Crippen LogP contribution >= 0.6 is 0 Å². The van der Waals surface area contributed by atoms with Gasteiger partial charge in [0, 0.05) is 11.6 Å². The van der Waals surface area contributed by atoms with Crippen molar-refractivity contribution >= 4 is 28.5 Å². The summed E-state index contributed by atoms with van der Waals surface area (Å²) in [4.78, 5) is 27.3. The Morgan fingerprint density at radius 1 is 1.38 bits per heavy atom. The van der Waals surface area contributed by atoms with E-state index in [9.17, 15) is 14.7 Å². The largest absolute Gasteiger partial charge is 0.480 e. The van der Waals surface area contributed by atoms with E-state index >= 15 is 0 Å². The molecule has 0 spiro atoms. The molecule has 110 valence electrons. The molecule has 0 aliphatic heterocycles. The van der Waals surface area contributed by atoms with Gasteiger partial charge >= 0.3 is 5.97 Å². The minimum absolute atomic E-state index is 0.176. The Labute approximate surface area is 122 Å². The standard InChI is InChI=1S/C15H17N3O3/c1-3-15(2,14(20)21)18-12-9-6-4-5-7-11(9)17-8-10(12)13(16)19/h4-8H,3H2,1-2H3,(H2,16,19)(H,17,18)(H,20,21). The second-order valence-electron chi connectivity index (χ2n) is 5.04. The van der Waals surface area contributed by atoms with Crippen LogP contribution in [0.4, 0.5) is 5.69 Å². The molecule has 21 heavy (non-hydrogen) atoms. The van der Waals surface area contributed by atoms with Crippen LogP contribution in [0.15, 0.2) is 30.5 Å². The number of carboxylic acids is 1. The van der Waals surface area contributed by atoms with Crippen molar-refractivity contribution in [2.24, 2.45) is 5.73 Å². The number of hydrogen-bond donors (Lipinski definition) is 3. The van der Waals surface area contributed by atoms with Crippen LogP contribution in [0.5, 0.6) is 0 Å². The van der Waals surface area contributed by atoms with Gasteiger partial charge in [-0.15, -0.1) is 0 Å². The van der Waals surface area contributed by atoms with Gasteiger partial charge in [-0.3, -0.25) is 9.78 Å². The van der Waals surface area contributed by atoms with E-state index in [1.807, 2.05) is 6.07 Å². The van der Waals surface area contributed by atoms with Crippen molar-refractivity contribution in [1.29, 1.82) is 0 Å². The number of nitrogens with zero attached hydrogens (tertiary/aromatic N) is 1. The van der Waals surface area contributed by atoms with Crippen LogP contribution in [0.25, 0.3) is 10.9 Å². The summed E-state index contributed by atoms with van der Waals surface area (Å²) in [5.41, 5.74) is 5.41. The van der Waals surface area contributed by atoms with Crippen LogP contribution in [0, 0.1) is 0 Å². The Morgan fingerprint density at radius 3 is 2.62 bits per heavy atom. The van der Waals surface area contributed by atoms with Crippen LogP contribution < -0.4 is 11.1 Å². The minimum Gasteiger partial charge on any atom is -0.480 e. The lowest BCUT2D eigenvalue weighted by molar-refractivity contribution is -0.141. The Balaban J connectivity index is 2.67. The molecule has 1 amide bonds. The van der Waals surface area contributed by atoms with Gasteiger partial charge in [-0.1, -0.05) is 25.1 Å². The first-order chi connectivity index (χ1) is 9.89. The smallest absolute Gasteiger partial charge is 0.329 e. The van der Waals surface area contributed by atoms with Crippen LogP contribution in [0.2, 0.25) is 0 Å². The van der Waals surface area contributed by atoms with Crippen LogP contribution in [-0.4, -0.2) is 27.5 Å². The minimum atomic E-state index is -1.20. The van der Waals surface area contributed by atoms with Gasteiger partial charge in [0.1, 0.15) is 5.54 Å². The lowest BCUT2D eigenvalue weighted by Crippen LogP contribution is -2.43. The first-order valence-corrected chi connectivity index (χ1v) is 6.58. The molecule has 4 N–H and O–H groups in total.